The zero-order valence-corrected chi connectivity index (χ0v) is 24.5. The van der Waals surface area contributed by atoms with Crippen molar-refractivity contribution in [2.75, 3.05) is 17.2 Å². The van der Waals surface area contributed by atoms with Crippen molar-refractivity contribution in [3.05, 3.63) is 83.6 Å². The molecule has 0 radical (unpaired) electrons. The average Bonchev–Trinajstić information content (AvgIpc) is 3.50. The topological polar surface area (TPSA) is 124 Å². The Labute approximate surface area is 253 Å². The first-order chi connectivity index (χ1) is 21.1. The second-order valence-electron chi connectivity index (χ2n) is 10.4. The molecule has 2 aromatic heterocycles. The van der Waals surface area contributed by atoms with Gasteiger partial charge >= 0.3 is 12.1 Å². The van der Waals surface area contributed by atoms with Gasteiger partial charge in [-0.25, -0.2) is 9.31 Å². The number of benzene rings is 2. The zero-order chi connectivity index (χ0) is 31.7. The molecule has 0 unspecified atom stereocenters. The molecular formula is C32H35F3N6O3. The van der Waals surface area contributed by atoms with Gasteiger partial charge in [0.05, 0.1) is 24.0 Å². The van der Waals surface area contributed by atoms with Crippen LogP contribution in [-0.2, 0) is 11.3 Å². The summed E-state index contributed by atoms with van der Waals surface area (Å²) in [5.41, 5.74) is 5.55. The van der Waals surface area contributed by atoms with Gasteiger partial charge in [-0.1, -0.05) is 30.3 Å². The third-order valence-electron chi connectivity index (χ3n) is 7.39. The van der Waals surface area contributed by atoms with E-state index in [4.69, 9.17) is 14.6 Å². The number of anilines is 3. The summed E-state index contributed by atoms with van der Waals surface area (Å²) in [6, 6.07) is 23.6. The Bertz CT molecular complexity index is 1580. The summed E-state index contributed by atoms with van der Waals surface area (Å²) in [6.07, 6.45) is 0.993. The normalized spacial score (nSPS) is 16.4. The molecule has 0 saturated heterocycles. The Kier molecular flexibility index (Phi) is 10.7. The Morgan fingerprint density at radius 2 is 1.70 bits per heavy atom. The van der Waals surface area contributed by atoms with Gasteiger partial charge in [0, 0.05) is 29.9 Å². The van der Waals surface area contributed by atoms with Crippen LogP contribution in [0, 0.1) is 18.3 Å². The van der Waals surface area contributed by atoms with Crippen molar-refractivity contribution in [3.63, 3.8) is 0 Å². The summed E-state index contributed by atoms with van der Waals surface area (Å²) in [4.78, 5) is 8.90. The number of nitrogens with one attached hydrogen (secondary N) is 3. The maximum absolute atomic E-state index is 10.6. The first-order valence-corrected chi connectivity index (χ1v) is 14.3. The third kappa shape index (κ3) is 8.20. The number of carboxylic acids is 1. The largest absolute Gasteiger partial charge is 0.494 e. The molecule has 1 saturated carbocycles. The summed E-state index contributed by atoms with van der Waals surface area (Å²) < 4.78 is 39.1. The average molecular weight is 609 g/mol. The van der Waals surface area contributed by atoms with Crippen molar-refractivity contribution >= 4 is 28.7 Å². The molecule has 1 aliphatic rings. The number of carbonyl (C=O) groups is 1. The predicted molar refractivity (Wildman–Crippen MR) is 162 cm³/mol. The van der Waals surface area contributed by atoms with Gasteiger partial charge in [-0.3, -0.25) is 0 Å². The highest BCUT2D eigenvalue weighted by Gasteiger charge is 2.38. The van der Waals surface area contributed by atoms with E-state index in [0.29, 0.717) is 24.3 Å². The number of carboxylic acid groups (broad SMARTS) is 1. The van der Waals surface area contributed by atoms with E-state index in [1.807, 2.05) is 48.7 Å². The number of fused-ring (bicyclic) bond motifs is 1. The highest BCUT2D eigenvalue weighted by molar-refractivity contribution is 5.82. The first kappa shape index (κ1) is 32.2. The van der Waals surface area contributed by atoms with Gasteiger partial charge in [-0.15, -0.1) is 0 Å². The lowest BCUT2D eigenvalue weighted by molar-refractivity contribution is -0.192. The molecule has 0 atom stereocenters. The number of rotatable bonds is 9. The standard InChI is InChI=1S/C30H34N6O.C2HF3O2/c1-3-37-26-15-13-25(14-16-26)35-30-21(2)29(27(19-31)28-17-18-33-36(28)30)34-24-11-9-23(10-12-24)32-20-22-7-5-4-6-8-22;3-2(4,5)1(6)7/h4-8,13-18,23-24,32,34-35H,3,9-12,20H2,1-2H3;(H,6,7). The minimum atomic E-state index is -5.08. The molecule has 44 heavy (non-hydrogen) atoms. The van der Waals surface area contributed by atoms with Crippen LogP contribution < -0.4 is 20.7 Å². The molecule has 2 heterocycles. The van der Waals surface area contributed by atoms with E-state index in [2.05, 4.69) is 57.5 Å². The second-order valence-corrected chi connectivity index (χ2v) is 10.4. The Morgan fingerprint density at radius 3 is 2.30 bits per heavy atom. The van der Waals surface area contributed by atoms with Gasteiger partial charge in [0.15, 0.2) is 0 Å². The minimum absolute atomic E-state index is 0.323. The highest BCUT2D eigenvalue weighted by Crippen LogP contribution is 2.35. The number of alkyl halides is 3. The molecule has 1 aliphatic carbocycles. The SMILES string of the molecule is CCOc1ccc(Nc2c(C)c(NC3CCC(NCc4ccccc4)CC3)c(C#N)c3ccnn23)cc1.O=C(O)C(F)(F)F. The van der Waals surface area contributed by atoms with E-state index in [-0.39, 0.29) is 0 Å². The Morgan fingerprint density at radius 1 is 1.07 bits per heavy atom. The molecule has 12 heteroatoms. The summed E-state index contributed by atoms with van der Waals surface area (Å²) in [5.74, 6) is -1.07. The lowest BCUT2D eigenvalue weighted by Crippen LogP contribution is -2.36. The van der Waals surface area contributed by atoms with Crippen molar-refractivity contribution in [2.24, 2.45) is 0 Å². The molecule has 0 bridgehead atoms. The van der Waals surface area contributed by atoms with Gasteiger partial charge < -0.3 is 25.8 Å². The van der Waals surface area contributed by atoms with Gasteiger partial charge in [0.1, 0.15) is 23.2 Å². The number of aliphatic carboxylic acids is 1. The molecule has 4 aromatic rings. The quantitative estimate of drug-likeness (QED) is 0.164. The predicted octanol–water partition coefficient (Wildman–Crippen LogP) is 6.80. The Balaban J connectivity index is 0.000000566. The molecule has 0 spiro atoms. The lowest BCUT2D eigenvalue weighted by Gasteiger charge is -2.31. The number of hydrogen-bond acceptors (Lipinski definition) is 7. The first-order valence-electron chi connectivity index (χ1n) is 14.3. The van der Waals surface area contributed by atoms with Crippen LogP contribution in [-0.4, -0.2) is 45.6 Å². The lowest BCUT2D eigenvalue weighted by atomic mass is 9.90. The van der Waals surface area contributed by atoms with Crippen LogP contribution in [0.25, 0.3) is 5.52 Å². The molecule has 0 amide bonds. The summed E-state index contributed by atoms with van der Waals surface area (Å²) in [6.45, 7) is 5.56. The number of ether oxygens (including phenoxy) is 1. The van der Waals surface area contributed by atoms with E-state index in [9.17, 15) is 18.4 Å². The number of hydrogen-bond donors (Lipinski definition) is 4. The van der Waals surface area contributed by atoms with Crippen LogP contribution in [0.5, 0.6) is 5.75 Å². The van der Waals surface area contributed by atoms with Gasteiger partial charge in [0.25, 0.3) is 0 Å². The van der Waals surface area contributed by atoms with E-state index < -0.39 is 12.1 Å². The van der Waals surface area contributed by atoms with Gasteiger partial charge in [0.2, 0.25) is 0 Å². The molecule has 4 N–H and O–H groups in total. The number of nitriles is 1. The van der Waals surface area contributed by atoms with Gasteiger partial charge in [-0.05, 0) is 75.4 Å². The van der Waals surface area contributed by atoms with Crippen LogP contribution in [0.1, 0.15) is 49.3 Å². The second kappa shape index (κ2) is 14.6. The van der Waals surface area contributed by atoms with Crippen molar-refractivity contribution in [1.29, 1.82) is 5.26 Å². The molecule has 9 nitrogen and oxygen atoms in total. The zero-order valence-electron chi connectivity index (χ0n) is 24.5. The van der Waals surface area contributed by atoms with Gasteiger partial charge in [-0.2, -0.15) is 23.5 Å². The third-order valence-corrected chi connectivity index (χ3v) is 7.39. The van der Waals surface area contributed by atoms with Crippen LogP contribution in [0.2, 0.25) is 0 Å². The summed E-state index contributed by atoms with van der Waals surface area (Å²) in [7, 11) is 0. The molecule has 1 fully saturated rings. The van der Waals surface area contributed by atoms with Crippen LogP contribution >= 0.6 is 0 Å². The Hall–Kier alpha value is -4.76. The number of nitrogens with zero attached hydrogens (tertiary/aromatic N) is 3. The van der Waals surface area contributed by atoms with Crippen molar-refractivity contribution < 1.29 is 27.8 Å². The molecule has 0 aliphatic heterocycles. The number of aromatic nitrogens is 2. The van der Waals surface area contributed by atoms with Crippen molar-refractivity contribution in [2.45, 2.75) is 64.3 Å². The summed E-state index contributed by atoms with van der Waals surface area (Å²) in [5, 5.41) is 32.7. The maximum atomic E-state index is 10.6. The minimum Gasteiger partial charge on any atom is -0.494 e. The fourth-order valence-electron chi connectivity index (χ4n) is 5.15. The molecule has 2 aromatic carbocycles. The van der Waals surface area contributed by atoms with E-state index in [1.54, 1.807) is 6.20 Å². The number of halogens is 3. The smallest absolute Gasteiger partial charge is 0.490 e. The van der Waals surface area contributed by atoms with Crippen LogP contribution in [0.3, 0.4) is 0 Å². The van der Waals surface area contributed by atoms with E-state index >= 15 is 0 Å². The monoisotopic (exact) mass is 608 g/mol. The van der Waals surface area contributed by atoms with E-state index in [1.165, 1.54) is 5.56 Å². The van der Waals surface area contributed by atoms with E-state index in [0.717, 1.165) is 66.3 Å². The molecule has 5 rings (SSSR count). The fraction of sp³-hybridized carbons (Fsp3) is 0.344. The number of pyridine rings is 1. The van der Waals surface area contributed by atoms with Crippen molar-refractivity contribution in [3.8, 4) is 11.8 Å². The highest BCUT2D eigenvalue weighted by atomic mass is 19.4. The summed E-state index contributed by atoms with van der Waals surface area (Å²) >= 11 is 0. The van der Waals surface area contributed by atoms with Crippen LogP contribution in [0.15, 0.2) is 66.9 Å². The van der Waals surface area contributed by atoms with Crippen molar-refractivity contribution in [1.82, 2.24) is 14.9 Å². The molecule has 232 valence electrons. The molecular weight excluding hydrogens is 573 g/mol. The maximum Gasteiger partial charge on any atom is 0.490 e. The fourth-order valence-corrected chi connectivity index (χ4v) is 5.15. The van der Waals surface area contributed by atoms with Crippen LogP contribution in [0.4, 0.5) is 30.4 Å².